The lowest BCUT2D eigenvalue weighted by atomic mass is 10.1. The first kappa shape index (κ1) is 22.1. The van der Waals surface area contributed by atoms with Crippen molar-refractivity contribution in [2.45, 2.75) is 29.8 Å². The molecule has 1 N–H and O–H groups in total. The van der Waals surface area contributed by atoms with Crippen molar-refractivity contribution >= 4 is 43.2 Å². The molecule has 0 amide bonds. The molecule has 11 heteroatoms. The van der Waals surface area contributed by atoms with Gasteiger partial charge in [-0.25, -0.2) is 13.4 Å². The van der Waals surface area contributed by atoms with Gasteiger partial charge in [-0.1, -0.05) is 48.2 Å². The highest BCUT2D eigenvalue weighted by Gasteiger charge is 2.33. The van der Waals surface area contributed by atoms with Crippen molar-refractivity contribution in [1.29, 1.82) is 0 Å². The van der Waals surface area contributed by atoms with Crippen LogP contribution in [0.3, 0.4) is 0 Å². The molecular weight excluding hydrogens is 478 g/mol. The van der Waals surface area contributed by atoms with E-state index in [2.05, 4.69) is 26.7 Å². The van der Waals surface area contributed by atoms with Crippen molar-refractivity contribution < 1.29 is 8.42 Å². The molecule has 170 valence electrons. The Bertz CT molecular complexity index is 1490. The van der Waals surface area contributed by atoms with Crippen LogP contribution in [-0.2, 0) is 22.1 Å². The number of H-pyrrole nitrogens is 1. The second-order valence-electron chi connectivity index (χ2n) is 7.84. The minimum absolute atomic E-state index is 0.0978. The fourth-order valence-corrected chi connectivity index (χ4v) is 7.56. The number of thiophene rings is 1. The van der Waals surface area contributed by atoms with Crippen LogP contribution >= 0.6 is 23.1 Å². The van der Waals surface area contributed by atoms with Crippen LogP contribution in [0, 0.1) is 0 Å². The molecule has 0 bridgehead atoms. The normalized spacial score (nSPS) is 17.5. The maximum Gasteiger partial charge on any atom is 0.260 e. The average molecular weight is 500 g/mol. The van der Waals surface area contributed by atoms with Crippen LogP contribution in [-0.4, -0.2) is 44.7 Å². The summed E-state index contributed by atoms with van der Waals surface area (Å²) < 4.78 is 25.7. The number of nitrogens with one attached hydrogen (secondary N) is 1. The Kier molecular flexibility index (Phi) is 5.94. The summed E-state index contributed by atoms with van der Waals surface area (Å²) in [6, 6.07) is 9.78. The molecule has 1 atom stereocenters. The molecular formula is C22H21N5O3S3. The lowest BCUT2D eigenvalue weighted by Crippen LogP contribution is -2.12. The van der Waals surface area contributed by atoms with Gasteiger partial charge < -0.3 is 9.55 Å². The molecule has 33 heavy (non-hydrogen) atoms. The fourth-order valence-electron chi connectivity index (χ4n) is 4.03. The van der Waals surface area contributed by atoms with E-state index in [0.717, 1.165) is 11.1 Å². The van der Waals surface area contributed by atoms with Gasteiger partial charge in [0.05, 0.1) is 22.6 Å². The molecule has 4 aromatic rings. The van der Waals surface area contributed by atoms with Crippen molar-refractivity contribution in [1.82, 2.24) is 24.7 Å². The monoisotopic (exact) mass is 499 g/mol. The van der Waals surface area contributed by atoms with Crippen molar-refractivity contribution in [3.05, 3.63) is 70.4 Å². The Balaban J connectivity index is 1.40. The van der Waals surface area contributed by atoms with Crippen LogP contribution in [0.5, 0.6) is 0 Å². The zero-order valence-electron chi connectivity index (χ0n) is 17.6. The van der Waals surface area contributed by atoms with E-state index in [1.807, 2.05) is 40.3 Å². The Morgan fingerprint density at radius 1 is 1.27 bits per heavy atom. The van der Waals surface area contributed by atoms with Crippen molar-refractivity contribution in [3.8, 4) is 11.1 Å². The van der Waals surface area contributed by atoms with Gasteiger partial charge in [-0.3, -0.25) is 4.79 Å². The summed E-state index contributed by atoms with van der Waals surface area (Å²) in [5.74, 6) is 1.74. The number of hydrogen-bond acceptors (Lipinski definition) is 8. The number of benzene rings is 1. The second kappa shape index (κ2) is 8.88. The maximum atomic E-state index is 12.9. The minimum Gasteiger partial charge on any atom is -0.309 e. The Morgan fingerprint density at radius 2 is 2.09 bits per heavy atom. The number of allylic oxidation sites excluding steroid dienone is 1. The zero-order chi connectivity index (χ0) is 23.0. The summed E-state index contributed by atoms with van der Waals surface area (Å²) in [6.45, 7) is 4.28. The van der Waals surface area contributed by atoms with E-state index >= 15 is 0 Å². The summed E-state index contributed by atoms with van der Waals surface area (Å²) in [5, 5.41) is 11.8. The summed E-state index contributed by atoms with van der Waals surface area (Å²) in [6.07, 6.45) is 2.29. The van der Waals surface area contributed by atoms with Crippen molar-refractivity contribution in [2.24, 2.45) is 0 Å². The van der Waals surface area contributed by atoms with E-state index in [-0.39, 0.29) is 23.0 Å². The van der Waals surface area contributed by atoms with Gasteiger partial charge >= 0.3 is 0 Å². The molecule has 1 saturated heterocycles. The predicted octanol–water partition coefficient (Wildman–Crippen LogP) is 3.62. The first-order valence-electron chi connectivity index (χ1n) is 10.4. The van der Waals surface area contributed by atoms with Gasteiger partial charge in [0.1, 0.15) is 16.5 Å². The lowest BCUT2D eigenvalue weighted by molar-refractivity contribution is 0.597. The van der Waals surface area contributed by atoms with Gasteiger partial charge in [-0.15, -0.1) is 28.1 Å². The highest BCUT2D eigenvalue weighted by atomic mass is 32.2. The molecule has 8 nitrogen and oxygen atoms in total. The SMILES string of the molecule is C=CCn1c(SCc2nc3scc(-c4ccccc4)c3c(=O)[nH]2)nnc1C1CCS(=O)(=O)C1. The zero-order valence-corrected chi connectivity index (χ0v) is 20.0. The molecule has 1 aliphatic rings. The van der Waals surface area contributed by atoms with Gasteiger partial charge in [0, 0.05) is 23.4 Å². The number of hydrogen-bond donors (Lipinski definition) is 1. The third-order valence-corrected chi connectivity index (χ3v) is 9.19. The predicted molar refractivity (Wildman–Crippen MR) is 131 cm³/mol. The summed E-state index contributed by atoms with van der Waals surface area (Å²) in [7, 11) is -3.03. The highest BCUT2D eigenvalue weighted by molar-refractivity contribution is 7.98. The molecule has 0 saturated carbocycles. The maximum absolute atomic E-state index is 12.9. The highest BCUT2D eigenvalue weighted by Crippen LogP contribution is 2.32. The van der Waals surface area contributed by atoms with E-state index in [4.69, 9.17) is 0 Å². The molecule has 3 aromatic heterocycles. The third kappa shape index (κ3) is 4.40. The van der Waals surface area contributed by atoms with Crippen LogP contribution in [0.1, 0.15) is 24.0 Å². The third-order valence-electron chi connectivity index (χ3n) is 5.57. The van der Waals surface area contributed by atoms with E-state index in [9.17, 15) is 13.2 Å². The first-order valence-corrected chi connectivity index (χ1v) is 14.1. The Morgan fingerprint density at radius 3 is 2.82 bits per heavy atom. The Hall–Kier alpha value is -2.76. The van der Waals surface area contributed by atoms with Gasteiger partial charge in [-0.2, -0.15) is 0 Å². The van der Waals surface area contributed by atoms with Crippen LogP contribution in [0.25, 0.3) is 21.3 Å². The molecule has 1 aliphatic heterocycles. The molecule has 1 fully saturated rings. The average Bonchev–Trinajstić information content (AvgIpc) is 3.50. The summed E-state index contributed by atoms with van der Waals surface area (Å²) in [4.78, 5) is 21.1. The number of fused-ring (bicyclic) bond motifs is 1. The summed E-state index contributed by atoms with van der Waals surface area (Å²) in [5.41, 5.74) is 1.70. The van der Waals surface area contributed by atoms with Crippen molar-refractivity contribution in [2.75, 3.05) is 11.5 Å². The van der Waals surface area contributed by atoms with Crippen LogP contribution in [0.15, 0.2) is 58.3 Å². The number of nitrogens with zero attached hydrogens (tertiary/aromatic N) is 4. The second-order valence-corrected chi connectivity index (χ2v) is 11.9. The summed E-state index contributed by atoms with van der Waals surface area (Å²) >= 11 is 2.85. The van der Waals surface area contributed by atoms with Crippen LogP contribution in [0.2, 0.25) is 0 Å². The van der Waals surface area contributed by atoms with Gasteiger partial charge in [0.2, 0.25) is 0 Å². The van der Waals surface area contributed by atoms with Gasteiger partial charge in [0.15, 0.2) is 15.0 Å². The van der Waals surface area contributed by atoms with Gasteiger partial charge in [0.25, 0.3) is 5.56 Å². The number of aromatic nitrogens is 5. The van der Waals surface area contributed by atoms with E-state index in [1.54, 1.807) is 6.08 Å². The quantitative estimate of drug-likeness (QED) is 0.305. The molecule has 4 heterocycles. The molecule has 0 radical (unpaired) electrons. The topological polar surface area (TPSA) is 111 Å². The molecule has 1 unspecified atom stereocenters. The first-order chi connectivity index (χ1) is 15.9. The van der Waals surface area contributed by atoms with Crippen LogP contribution in [0.4, 0.5) is 0 Å². The lowest BCUT2D eigenvalue weighted by Gasteiger charge is -2.11. The number of rotatable bonds is 7. The largest absolute Gasteiger partial charge is 0.309 e. The standard InChI is InChI=1S/C22H21N5O3S3/c1-2-9-27-19(15-8-10-33(29,30)13-15)25-26-22(27)32-12-17-23-20(28)18-16(11-31-21(18)24-17)14-6-4-3-5-7-14/h2-7,11,15H,1,8-10,12-13H2,(H,23,24,28). The Labute approximate surface area is 198 Å². The number of sulfone groups is 1. The van der Waals surface area contributed by atoms with Gasteiger partial charge in [-0.05, 0) is 12.0 Å². The fraction of sp³-hybridized carbons (Fsp3) is 0.273. The van der Waals surface area contributed by atoms with Crippen LogP contribution < -0.4 is 5.56 Å². The van der Waals surface area contributed by atoms with E-state index < -0.39 is 9.84 Å². The molecule has 0 aliphatic carbocycles. The van der Waals surface area contributed by atoms with E-state index in [0.29, 0.717) is 45.7 Å². The number of aromatic amines is 1. The van der Waals surface area contributed by atoms with Crippen molar-refractivity contribution in [3.63, 3.8) is 0 Å². The minimum atomic E-state index is -3.03. The number of thioether (sulfide) groups is 1. The molecule has 5 rings (SSSR count). The van der Waals surface area contributed by atoms with E-state index in [1.165, 1.54) is 23.1 Å². The molecule has 1 aromatic carbocycles. The molecule has 0 spiro atoms. The smallest absolute Gasteiger partial charge is 0.260 e.